The van der Waals surface area contributed by atoms with Crippen molar-refractivity contribution in [2.45, 2.75) is 57.6 Å². The van der Waals surface area contributed by atoms with Gasteiger partial charge in [-0.2, -0.15) is 0 Å². The molecule has 0 aromatic heterocycles. The summed E-state index contributed by atoms with van der Waals surface area (Å²) >= 11 is 0. The maximum Gasteiger partial charge on any atom is 0.0612 e. The quantitative estimate of drug-likeness (QED) is 0.536. The fraction of sp³-hybridized carbons (Fsp3) is 0.846. The Morgan fingerprint density at radius 1 is 1.40 bits per heavy atom. The molecule has 0 amide bonds. The van der Waals surface area contributed by atoms with Gasteiger partial charge in [0.25, 0.3) is 0 Å². The van der Waals surface area contributed by atoms with Crippen LogP contribution in [0.2, 0.25) is 0 Å². The van der Waals surface area contributed by atoms with Crippen molar-refractivity contribution in [1.29, 1.82) is 0 Å². The fourth-order valence-corrected chi connectivity index (χ4v) is 2.14. The first-order valence-corrected chi connectivity index (χ1v) is 6.35. The van der Waals surface area contributed by atoms with Crippen molar-refractivity contribution in [3.8, 4) is 0 Å². The third kappa shape index (κ3) is 4.35. The molecule has 0 spiro atoms. The van der Waals surface area contributed by atoms with E-state index in [4.69, 9.17) is 4.74 Å². The first kappa shape index (κ1) is 11.2. The van der Waals surface area contributed by atoms with Gasteiger partial charge in [0.15, 0.2) is 0 Å². The van der Waals surface area contributed by atoms with E-state index in [-0.39, 0.29) is 0 Å². The maximum atomic E-state index is 5.62. The summed E-state index contributed by atoms with van der Waals surface area (Å²) in [6, 6.07) is 0.844. The normalized spacial score (nSPS) is 27.3. The van der Waals surface area contributed by atoms with Crippen LogP contribution < -0.4 is 5.32 Å². The standard InChI is InChI=1S/C13H23NO/c1-11(10-13-5-3-9-15-13)4-2-8-14-12-6-7-12/h4,12-14H,2-3,5-10H2,1H3. The Morgan fingerprint density at radius 3 is 2.93 bits per heavy atom. The van der Waals surface area contributed by atoms with Crippen LogP contribution in [0.15, 0.2) is 11.6 Å². The molecule has 2 heteroatoms. The Morgan fingerprint density at radius 2 is 2.27 bits per heavy atom. The average Bonchev–Trinajstić information content (AvgIpc) is 2.91. The summed E-state index contributed by atoms with van der Waals surface area (Å²) in [7, 11) is 0. The van der Waals surface area contributed by atoms with Gasteiger partial charge in [-0.15, -0.1) is 0 Å². The Kier molecular flexibility index (Phi) is 4.21. The number of nitrogens with one attached hydrogen (secondary N) is 1. The molecule has 0 aromatic carbocycles. The summed E-state index contributed by atoms with van der Waals surface area (Å²) in [5.74, 6) is 0. The van der Waals surface area contributed by atoms with Crippen molar-refractivity contribution < 1.29 is 4.74 Å². The highest BCUT2D eigenvalue weighted by Gasteiger charge is 2.19. The molecule has 15 heavy (non-hydrogen) atoms. The molecule has 1 heterocycles. The van der Waals surface area contributed by atoms with Gasteiger partial charge >= 0.3 is 0 Å². The number of hydrogen-bond acceptors (Lipinski definition) is 2. The van der Waals surface area contributed by atoms with E-state index < -0.39 is 0 Å². The zero-order valence-corrected chi connectivity index (χ0v) is 9.80. The van der Waals surface area contributed by atoms with Crippen LogP contribution in [0.5, 0.6) is 0 Å². The molecule has 1 aliphatic heterocycles. The lowest BCUT2D eigenvalue weighted by Crippen LogP contribution is -2.16. The Hall–Kier alpha value is -0.340. The summed E-state index contributed by atoms with van der Waals surface area (Å²) in [6.45, 7) is 4.35. The third-order valence-corrected chi connectivity index (χ3v) is 3.22. The van der Waals surface area contributed by atoms with Crippen LogP contribution in [0.3, 0.4) is 0 Å². The number of rotatable bonds is 6. The molecule has 1 unspecified atom stereocenters. The molecule has 1 atom stereocenters. The van der Waals surface area contributed by atoms with Gasteiger partial charge in [0.1, 0.15) is 0 Å². The fourth-order valence-electron chi connectivity index (χ4n) is 2.14. The smallest absolute Gasteiger partial charge is 0.0612 e. The molecule has 2 rings (SSSR count). The highest BCUT2D eigenvalue weighted by atomic mass is 16.5. The molecule has 1 saturated carbocycles. The lowest BCUT2D eigenvalue weighted by atomic mass is 10.1. The first-order valence-electron chi connectivity index (χ1n) is 6.35. The predicted octanol–water partition coefficient (Wildman–Crippen LogP) is 2.64. The van der Waals surface area contributed by atoms with Gasteiger partial charge in [-0.3, -0.25) is 0 Å². The Labute approximate surface area is 93.1 Å². The van der Waals surface area contributed by atoms with E-state index in [0.29, 0.717) is 6.10 Å². The van der Waals surface area contributed by atoms with Crippen molar-refractivity contribution in [2.75, 3.05) is 13.2 Å². The van der Waals surface area contributed by atoms with Crippen molar-refractivity contribution in [2.24, 2.45) is 0 Å². The lowest BCUT2D eigenvalue weighted by Gasteiger charge is -2.09. The van der Waals surface area contributed by atoms with E-state index in [9.17, 15) is 0 Å². The first-order chi connectivity index (χ1) is 7.34. The van der Waals surface area contributed by atoms with Crippen LogP contribution in [0.25, 0.3) is 0 Å². The Bertz CT molecular complexity index is 215. The van der Waals surface area contributed by atoms with Crippen LogP contribution in [0, 0.1) is 0 Å². The van der Waals surface area contributed by atoms with E-state index >= 15 is 0 Å². The van der Waals surface area contributed by atoms with Gasteiger partial charge < -0.3 is 10.1 Å². The SMILES string of the molecule is CC(=CCCNC1CC1)CC1CCCO1. The number of ether oxygens (including phenoxy) is 1. The maximum absolute atomic E-state index is 5.62. The van der Waals surface area contributed by atoms with Crippen molar-refractivity contribution >= 4 is 0 Å². The molecule has 1 aliphatic carbocycles. The molecular formula is C13H23NO. The lowest BCUT2D eigenvalue weighted by molar-refractivity contribution is 0.111. The molecule has 1 N–H and O–H groups in total. The zero-order valence-electron chi connectivity index (χ0n) is 9.80. The van der Waals surface area contributed by atoms with Gasteiger partial charge in [0.2, 0.25) is 0 Å². The second kappa shape index (κ2) is 5.66. The van der Waals surface area contributed by atoms with Crippen molar-refractivity contribution in [1.82, 2.24) is 5.32 Å². The molecule has 1 saturated heterocycles. The molecule has 0 bridgehead atoms. The second-order valence-corrected chi connectivity index (χ2v) is 4.91. The molecule has 86 valence electrons. The van der Waals surface area contributed by atoms with E-state index in [1.165, 1.54) is 37.7 Å². The van der Waals surface area contributed by atoms with Gasteiger partial charge in [-0.1, -0.05) is 11.6 Å². The van der Waals surface area contributed by atoms with Crippen LogP contribution in [0.1, 0.15) is 45.4 Å². The van der Waals surface area contributed by atoms with Gasteiger partial charge in [-0.05, 0) is 52.0 Å². The van der Waals surface area contributed by atoms with E-state index in [2.05, 4.69) is 18.3 Å². The molecule has 2 fully saturated rings. The molecule has 2 aliphatic rings. The van der Waals surface area contributed by atoms with Crippen LogP contribution in [-0.2, 0) is 4.74 Å². The van der Waals surface area contributed by atoms with E-state index in [1.54, 1.807) is 0 Å². The monoisotopic (exact) mass is 209 g/mol. The summed E-state index contributed by atoms with van der Waals surface area (Å²) in [5.41, 5.74) is 1.50. The predicted molar refractivity (Wildman–Crippen MR) is 63.0 cm³/mol. The third-order valence-electron chi connectivity index (χ3n) is 3.22. The zero-order chi connectivity index (χ0) is 10.5. The molecular weight excluding hydrogens is 186 g/mol. The highest BCUT2D eigenvalue weighted by molar-refractivity contribution is 5.00. The van der Waals surface area contributed by atoms with Crippen molar-refractivity contribution in [3.63, 3.8) is 0 Å². The van der Waals surface area contributed by atoms with E-state index in [1.807, 2.05) is 0 Å². The summed E-state index contributed by atoms with van der Waals surface area (Å²) < 4.78 is 5.62. The molecule has 0 radical (unpaired) electrons. The number of hydrogen-bond donors (Lipinski definition) is 1. The van der Waals surface area contributed by atoms with Gasteiger partial charge in [0.05, 0.1) is 6.10 Å². The van der Waals surface area contributed by atoms with Crippen LogP contribution >= 0.6 is 0 Å². The van der Waals surface area contributed by atoms with Crippen molar-refractivity contribution in [3.05, 3.63) is 11.6 Å². The average molecular weight is 209 g/mol. The Balaban J connectivity index is 1.56. The van der Waals surface area contributed by atoms with Crippen LogP contribution in [-0.4, -0.2) is 25.3 Å². The summed E-state index contributed by atoms with van der Waals surface area (Å²) in [5, 5.41) is 3.53. The topological polar surface area (TPSA) is 21.3 Å². The molecule has 2 nitrogen and oxygen atoms in total. The second-order valence-electron chi connectivity index (χ2n) is 4.91. The summed E-state index contributed by atoms with van der Waals surface area (Å²) in [4.78, 5) is 0. The minimum atomic E-state index is 0.512. The van der Waals surface area contributed by atoms with E-state index in [0.717, 1.165) is 25.6 Å². The van der Waals surface area contributed by atoms with Gasteiger partial charge in [0, 0.05) is 12.6 Å². The highest BCUT2D eigenvalue weighted by Crippen LogP contribution is 2.20. The largest absolute Gasteiger partial charge is 0.378 e. The minimum absolute atomic E-state index is 0.512. The minimum Gasteiger partial charge on any atom is -0.378 e. The van der Waals surface area contributed by atoms with Gasteiger partial charge in [-0.25, -0.2) is 0 Å². The molecule has 0 aromatic rings. The summed E-state index contributed by atoms with van der Waals surface area (Å²) in [6.07, 6.45) is 10.5. The van der Waals surface area contributed by atoms with Crippen LogP contribution in [0.4, 0.5) is 0 Å².